The maximum Gasteiger partial charge on any atom is 0.273 e. The minimum absolute atomic E-state index is 0.130. The van der Waals surface area contributed by atoms with Crippen molar-refractivity contribution in [3.63, 3.8) is 0 Å². The lowest BCUT2D eigenvalue weighted by molar-refractivity contribution is -0.118. The van der Waals surface area contributed by atoms with Crippen LogP contribution in [0.25, 0.3) is 0 Å². The van der Waals surface area contributed by atoms with Gasteiger partial charge >= 0.3 is 0 Å². The van der Waals surface area contributed by atoms with E-state index in [1.54, 1.807) is 30.5 Å². The zero-order valence-corrected chi connectivity index (χ0v) is 13.7. The van der Waals surface area contributed by atoms with Gasteiger partial charge in [0.2, 0.25) is 5.91 Å². The zero-order chi connectivity index (χ0) is 16.2. The molecule has 0 atom stereocenters. The molecule has 23 heavy (non-hydrogen) atoms. The second kappa shape index (κ2) is 6.70. The minimum Gasteiger partial charge on any atom is -0.305 e. The van der Waals surface area contributed by atoms with Crippen LogP contribution in [0.3, 0.4) is 0 Å². The average Bonchev–Trinajstić information content (AvgIpc) is 2.58. The van der Waals surface area contributed by atoms with E-state index >= 15 is 0 Å². The number of anilines is 2. The summed E-state index contributed by atoms with van der Waals surface area (Å²) in [5.74, 6) is -0.0492. The van der Waals surface area contributed by atoms with Gasteiger partial charge in [-0.05, 0) is 40.2 Å². The number of pyridine rings is 1. The van der Waals surface area contributed by atoms with Crippen molar-refractivity contribution in [2.24, 2.45) is 5.10 Å². The van der Waals surface area contributed by atoms with Crippen LogP contribution in [-0.4, -0.2) is 22.5 Å². The fourth-order valence-electron chi connectivity index (χ4n) is 2.13. The summed E-state index contributed by atoms with van der Waals surface area (Å²) in [7, 11) is 0. The van der Waals surface area contributed by atoms with Gasteiger partial charge in [-0.15, -0.1) is 0 Å². The Kier molecular flexibility index (Phi) is 4.47. The van der Waals surface area contributed by atoms with Crippen molar-refractivity contribution in [3.8, 4) is 0 Å². The van der Waals surface area contributed by atoms with Gasteiger partial charge in [-0.2, -0.15) is 5.10 Å². The van der Waals surface area contributed by atoms with E-state index in [1.165, 1.54) is 5.01 Å². The number of carbonyl (C=O) groups excluding carboxylic acids is 2. The molecule has 0 saturated heterocycles. The van der Waals surface area contributed by atoms with Crippen LogP contribution >= 0.6 is 15.9 Å². The highest BCUT2D eigenvalue weighted by Gasteiger charge is 2.25. The molecule has 1 aromatic heterocycles. The summed E-state index contributed by atoms with van der Waals surface area (Å²) < 4.78 is 0.825. The topological polar surface area (TPSA) is 74.7 Å². The molecular weight excluding hydrogens is 360 g/mol. The Labute approximate surface area is 141 Å². The highest BCUT2D eigenvalue weighted by molar-refractivity contribution is 9.10. The van der Waals surface area contributed by atoms with Crippen LogP contribution in [0, 0.1) is 0 Å². The van der Waals surface area contributed by atoms with Crippen LogP contribution in [0.15, 0.2) is 58.2 Å². The van der Waals surface area contributed by atoms with Crippen LogP contribution in [0.2, 0.25) is 0 Å². The Morgan fingerprint density at radius 3 is 2.61 bits per heavy atom. The van der Waals surface area contributed by atoms with Crippen LogP contribution in [0.4, 0.5) is 11.5 Å². The number of nitrogens with one attached hydrogen (secondary N) is 1. The molecule has 0 spiro atoms. The molecule has 0 fully saturated rings. The molecule has 116 valence electrons. The first-order valence-electron chi connectivity index (χ1n) is 7.02. The molecule has 2 aromatic rings. The van der Waals surface area contributed by atoms with E-state index in [-0.39, 0.29) is 18.2 Å². The number of hydrazone groups is 1. The molecule has 6 nitrogen and oxygen atoms in total. The largest absolute Gasteiger partial charge is 0.305 e. The smallest absolute Gasteiger partial charge is 0.273 e. The molecule has 1 aliphatic heterocycles. The van der Waals surface area contributed by atoms with Crippen LogP contribution in [0.1, 0.15) is 12.8 Å². The standard InChI is InChI=1S/C16H13BrN4O2/c17-11-6-8-14(18-10-11)19-16(23)13-7-9-15(22)21(20-13)12-4-2-1-3-5-12/h1-6,8,10H,7,9H2,(H,18,19,23). The first-order valence-corrected chi connectivity index (χ1v) is 7.81. The van der Waals surface area contributed by atoms with Crippen molar-refractivity contribution < 1.29 is 9.59 Å². The molecule has 7 heteroatoms. The lowest BCUT2D eigenvalue weighted by Crippen LogP contribution is -2.36. The maximum atomic E-state index is 12.3. The number of carbonyl (C=O) groups is 2. The number of aromatic nitrogens is 1. The molecule has 1 aliphatic rings. The molecule has 0 saturated carbocycles. The minimum atomic E-state index is -0.353. The molecule has 0 unspecified atom stereocenters. The van der Waals surface area contributed by atoms with Gasteiger partial charge in [0.15, 0.2) is 0 Å². The fourth-order valence-corrected chi connectivity index (χ4v) is 2.36. The normalized spacial score (nSPS) is 14.4. The van der Waals surface area contributed by atoms with Gasteiger partial charge in [-0.3, -0.25) is 9.59 Å². The molecule has 3 rings (SSSR count). The third-order valence-corrected chi connectivity index (χ3v) is 3.73. The van der Waals surface area contributed by atoms with Crippen LogP contribution in [0.5, 0.6) is 0 Å². The van der Waals surface area contributed by atoms with E-state index in [2.05, 4.69) is 31.3 Å². The van der Waals surface area contributed by atoms with E-state index in [0.29, 0.717) is 23.6 Å². The highest BCUT2D eigenvalue weighted by Crippen LogP contribution is 2.20. The second-order valence-electron chi connectivity index (χ2n) is 4.90. The van der Waals surface area contributed by atoms with Gasteiger partial charge in [0.1, 0.15) is 11.5 Å². The van der Waals surface area contributed by atoms with Gasteiger partial charge in [-0.25, -0.2) is 9.99 Å². The Morgan fingerprint density at radius 2 is 1.91 bits per heavy atom. The predicted molar refractivity (Wildman–Crippen MR) is 91.2 cm³/mol. The summed E-state index contributed by atoms with van der Waals surface area (Å²) in [4.78, 5) is 28.4. The number of hydrogen-bond acceptors (Lipinski definition) is 4. The first-order chi connectivity index (χ1) is 11.1. The van der Waals surface area contributed by atoms with E-state index in [0.717, 1.165) is 4.47 Å². The average molecular weight is 373 g/mol. The SMILES string of the molecule is O=C(Nc1ccc(Br)cn1)C1=NN(c2ccccc2)C(=O)CC1. The Morgan fingerprint density at radius 1 is 1.13 bits per heavy atom. The van der Waals surface area contributed by atoms with Crippen molar-refractivity contribution in [1.82, 2.24) is 4.98 Å². The third kappa shape index (κ3) is 3.62. The molecule has 1 aromatic carbocycles. The van der Waals surface area contributed by atoms with Gasteiger partial charge in [0, 0.05) is 23.5 Å². The Balaban J connectivity index is 1.80. The number of benzene rings is 1. The molecule has 0 radical (unpaired) electrons. The van der Waals surface area contributed by atoms with Gasteiger partial charge in [0.05, 0.1) is 5.69 Å². The summed E-state index contributed by atoms with van der Waals surface area (Å²) in [5, 5.41) is 8.16. The fraction of sp³-hybridized carbons (Fsp3) is 0.125. The van der Waals surface area contributed by atoms with Gasteiger partial charge in [0.25, 0.3) is 5.91 Å². The summed E-state index contributed by atoms with van der Waals surface area (Å²) in [6.45, 7) is 0. The number of nitrogens with zero attached hydrogens (tertiary/aromatic N) is 3. The second-order valence-corrected chi connectivity index (χ2v) is 5.82. The van der Waals surface area contributed by atoms with Crippen molar-refractivity contribution in [2.45, 2.75) is 12.8 Å². The predicted octanol–water partition coefficient (Wildman–Crippen LogP) is 2.97. The number of amides is 2. The number of hydrogen-bond donors (Lipinski definition) is 1. The van der Waals surface area contributed by atoms with Crippen LogP contribution < -0.4 is 10.3 Å². The number of halogens is 1. The quantitative estimate of drug-likeness (QED) is 0.899. The lowest BCUT2D eigenvalue weighted by Gasteiger charge is -2.23. The summed E-state index contributed by atoms with van der Waals surface area (Å²) in [6, 6.07) is 12.5. The molecule has 0 aliphatic carbocycles. The molecule has 1 N–H and O–H groups in total. The van der Waals surface area contributed by atoms with Gasteiger partial charge in [-0.1, -0.05) is 18.2 Å². The Bertz CT molecular complexity index is 759. The maximum absolute atomic E-state index is 12.3. The number of rotatable bonds is 3. The number of para-hydroxylation sites is 1. The van der Waals surface area contributed by atoms with Crippen molar-refractivity contribution in [2.75, 3.05) is 10.3 Å². The summed E-state index contributed by atoms with van der Waals surface area (Å²) in [6.07, 6.45) is 2.15. The first kappa shape index (κ1) is 15.4. The Hall–Kier alpha value is -2.54. The van der Waals surface area contributed by atoms with Crippen LogP contribution in [-0.2, 0) is 9.59 Å². The van der Waals surface area contributed by atoms with E-state index < -0.39 is 0 Å². The zero-order valence-electron chi connectivity index (χ0n) is 12.1. The van der Waals surface area contributed by atoms with Crippen molar-refractivity contribution >= 4 is 45.0 Å². The highest BCUT2D eigenvalue weighted by atomic mass is 79.9. The third-order valence-electron chi connectivity index (χ3n) is 3.26. The van der Waals surface area contributed by atoms with Crippen molar-refractivity contribution in [1.29, 1.82) is 0 Å². The molecule has 2 heterocycles. The lowest BCUT2D eigenvalue weighted by atomic mass is 10.1. The molecule has 2 amide bonds. The van der Waals surface area contributed by atoms with Gasteiger partial charge < -0.3 is 5.32 Å². The monoisotopic (exact) mass is 372 g/mol. The molecule has 0 bridgehead atoms. The summed E-state index contributed by atoms with van der Waals surface area (Å²) in [5.41, 5.74) is 0.947. The van der Waals surface area contributed by atoms with Crippen molar-refractivity contribution in [3.05, 3.63) is 53.1 Å². The van der Waals surface area contributed by atoms with E-state index in [9.17, 15) is 9.59 Å². The van der Waals surface area contributed by atoms with E-state index in [4.69, 9.17) is 0 Å². The van der Waals surface area contributed by atoms with E-state index in [1.807, 2.05) is 18.2 Å². The molecular formula is C16H13BrN4O2. The summed E-state index contributed by atoms with van der Waals surface area (Å²) >= 11 is 3.29.